The quantitative estimate of drug-likeness (QED) is 0.130. The molecule has 4 aliphatic rings. The summed E-state index contributed by atoms with van der Waals surface area (Å²) in [4.78, 5) is 0. The lowest BCUT2D eigenvalue weighted by Crippen LogP contribution is -2.32. The average molecular weight is 1020 g/mol. The Bertz CT molecular complexity index is 4690. The third-order valence-corrected chi connectivity index (χ3v) is 18.4. The summed E-state index contributed by atoms with van der Waals surface area (Å²) >= 11 is 0. The lowest BCUT2D eigenvalue weighted by Gasteiger charge is -2.40. The van der Waals surface area contributed by atoms with Gasteiger partial charge in [-0.3, -0.25) is 0 Å². The first-order valence-corrected chi connectivity index (χ1v) is 27.8. The third kappa shape index (κ3) is 5.52. The first-order valence-electron chi connectivity index (χ1n) is 27.8. The van der Waals surface area contributed by atoms with E-state index in [4.69, 9.17) is 9.47 Å². The fraction of sp³-hybridized carbons (Fsp3) is 0.0256. The van der Waals surface area contributed by atoms with E-state index in [1.807, 2.05) is 0 Å². The van der Waals surface area contributed by atoms with Gasteiger partial charge < -0.3 is 9.47 Å². The van der Waals surface area contributed by atoms with Crippen molar-refractivity contribution in [2.45, 2.75) is 10.8 Å². The van der Waals surface area contributed by atoms with Crippen molar-refractivity contribution in [3.63, 3.8) is 0 Å². The molecule has 0 unspecified atom stereocenters. The molecule has 18 rings (SSSR count). The first-order chi connectivity index (χ1) is 39.7. The summed E-state index contributed by atoms with van der Waals surface area (Å²) in [5, 5.41) is 9.52. The summed E-state index contributed by atoms with van der Waals surface area (Å²) in [5.74, 6) is 3.50. The average Bonchev–Trinajstić information content (AvgIpc) is 4.17. The van der Waals surface area contributed by atoms with Crippen LogP contribution in [0.2, 0.25) is 0 Å². The van der Waals surface area contributed by atoms with E-state index in [2.05, 4.69) is 279 Å². The minimum atomic E-state index is -0.601. The maximum atomic E-state index is 7.40. The van der Waals surface area contributed by atoms with Gasteiger partial charge in [-0.25, -0.2) is 0 Å². The highest BCUT2D eigenvalue weighted by molar-refractivity contribution is 6.24. The van der Waals surface area contributed by atoms with Gasteiger partial charge in [0.25, 0.3) is 0 Å². The monoisotopic (exact) mass is 1010 g/mol. The molecule has 2 aliphatic heterocycles. The Morgan fingerprint density at radius 1 is 0.200 bits per heavy atom. The summed E-state index contributed by atoms with van der Waals surface area (Å²) in [7, 11) is 0. The van der Waals surface area contributed by atoms with E-state index in [-0.39, 0.29) is 0 Å². The molecule has 370 valence electrons. The molecule has 0 amide bonds. The van der Waals surface area contributed by atoms with Gasteiger partial charge in [0.15, 0.2) is 0 Å². The molecule has 0 bridgehead atoms. The van der Waals surface area contributed by atoms with Crippen molar-refractivity contribution < 1.29 is 9.47 Å². The number of hydrogen-bond donors (Lipinski definition) is 0. The minimum Gasteiger partial charge on any atom is -0.456 e. The van der Waals surface area contributed by atoms with E-state index in [1.54, 1.807) is 0 Å². The molecular formula is C78H46O2. The molecule has 2 spiro atoms. The van der Waals surface area contributed by atoms with Gasteiger partial charge in [0.2, 0.25) is 0 Å². The van der Waals surface area contributed by atoms with Crippen LogP contribution < -0.4 is 9.47 Å². The van der Waals surface area contributed by atoms with Crippen molar-refractivity contribution in [2.75, 3.05) is 0 Å². The van der Waals surface area contributed by atoms with E-state index in [9.17, 15) is 0 Å². The molecule has 2 heteroatoms. The number of benzene rings is 14. The van der Waals surface area contributed by atoms with Crippen LogP contribution in [0.3, 0.4) is 0 Å². The fourth-order valence-corrected chi connectivity index (χ4v) is 15.4. The highest BCUT2D eigenvalue weighted by Gasteiger charge is 2.53. The number of ether oxygens (including phenoxy) is 2. The zero-order valence-corrected chi connectivity index (χ0v) is 43.4. The molecule has 0 saturated carbocycles. The summed E-state index contributed by atoms with van der Waals surface area (Å²) in [6.07, 6.45) is 0. The lowest BCUT2D eigenvalue weighted by molar-refractivity contribution is 0.438. The summed E-state index contributed by atoms with van der Waals surface area (Å²) in [5.41, 5.74) is 20.2. The molecule has 0 atom stereocenters. The Hall–Kier alpha value is -10.3. The molecule has 0 fully saturated rings. The molecular weight excluding hydrogens is 969 g/mol. The highest BCUT2D eigenvalue weighted by Crippen LogP contribution is 2.66. The van der Waals surface area contributed by atoms with Crippen LogP contribution in [-0.2, 0) is 10.8 Å². The highest BCUT2D eigenvalue weighted by atomic mass is 16.5. The maximum absolute atomic E-state index is 7.40. The van der Waals surface area contributed by atoms with Gasteiger partial charge in [-0.15, -0.1) is 0 Å². The second-order valence-corrected chi connectivity index (χ2v) is 22.0. The first kappa shape index (κ1) is 43.8. The van der Waals surface area contributed by atoms with E-state index in [0.29, 0.717) is 0 Å². The zero-order valence-electron chi connectivity index (χ0n) is 43.4. The molecule has 0 saturated heterocycles. The number of hydrogen-bond acceptors (Lipinski definition) is 2. The topological polar surface area (TPSA) is 18.5 Å². The van der Waals surface area contributed by atoms with Crippen molar-refractivity contribution in [3.05, 3.63) is 324 Å². The van der Waals surface area contributed by atoms with Crippen molar-refractivity contribution in [1.82, 2.24) is 0 Å². The predicted octanol–water partition coefficient (Wildman–Crippen LogP) is 20.2. The van der Waals surface area contributed by atoms with Crippen molar-refractivity contribution in [1.29, 1.82) is 0 Å². The zero-order chi connectivity index (χ0) is 52.3. The molecule has 2 heterocycles. The second-order valence-electron chi connectivity index (χ2n) is 22.0. The third-order valence-electron chi connectivity index (χ3n) is 18.4. The lowest BCUT2D eigenvalue weighted by atomic mass is 9.65. The standard InChI is InChI=1S/C78H46O2/c1-2-22-48-47(21-1)45-63(50-24-4-3-23-49(48)50)74-57-31-17-29-51(59-33-19-41-70-75(59)79-72-43-15-13-39-68(72)77(70)64-35-9-5-25-53(64)54-26-6-10-36-65(54)77)61(57)46-62-52(30-18-32-58(62)74)60-34-20-42-71-76(60)80-73-44-16-14-40-69(73)78(71)66-37-11-7-27-55(66)56-28-8-12-38-67(56)78/h1-46H. The van der Waals surface area contributed by atoms with Gasteiger partial charge in [0.05, 0.1) is 10.8 Å². The summed E-state index contributed by atoms with van der Waals surface area (Å²) in [6.45, 7) is 0. The number of rotatable bonds is 3. The van der Waals surface area contributed by atoms with Crippen LogP contribution in [0.15, 0.2) is 279 Å². The van der Waals surface area contributed by atoms with Crippen LogP contribution in [0.5, 0.6) is 23.0 Å². The number of fused-ring (bicyclic) bond motifs is 23. The molecule has 0 radical (unpaired) electrons. The van der Waals surface area contributed by atoms with E-state index in [0.717, 1.165) is 78.3 Å². The smallest absolute Gasteiger partial charge is 0.140 e. The van der Waals surface area contributed by atoms with Gasteiger partial charge in [-0.2, -0.15) is 0 Å². The Morgan fingerprint density at radius 2 is 0.537 bits per heavy atom. The normalized spacial score (nSPS) is 14.2. The maximum Gasteiger partial charge on any atom is 0.140 e. The molecule has 2 nitrogen and oxygen atoms in total. The minimum absolute atomic E-state index is 0.601. The van der Waals surface area contributed by atoms with E-state index >= 15 is 0 Å². The van der Waals surface area contributed by atoms with Gasteiger partial charge >= 0.3 is 0 Å². The largest absolute Gasteiger partial charge is 0.456 e. The van der Waals surface area contributed by atoms with Gasteiger partial charge in [-0.05, 0) is 134 Å². The van der Waals surface area contributed by atoms with Gasteiger partial charge in [0.1, 0.15) is 23.0 Å². The molecule has 2 aliphatic carbocycles. The molecule has 0 aromatic heterocycles. The number of para-hydroxylation sites is 4. The van der Waals surface area contributed by atoms with Crippen LogP contribution in [0.4, 0.5) is 0 Å². The second kappa shape index (κ2) is 16.1. The Morgan fingerprint density at radius 3 is 1.02 bits per heavy atom. The van der Waals surface area contributed by atoms with Crippen LogP contribution in [-0.4, -0.2) is 0 Å². The summed E-state index contributed by atoms with van der Waals surface area (Å²) < 4.78 is 14.8. The van der Waals surface area contributed by atoms with Gasteiger partial charge in [-0.1, -0.05) is 255 Å². The van der Waals surface area contributed by atoms with E-state index < -0.39 is 10.8 Å². The SMILES string of the molecule is c1ccc2c(c1)Oc1c(-c3cccc4c(-c5cc6ccccc6c6ccccc56)c5cccc(-c6cccc7c6Oc6ccccc6C76c7ccccc7-c7ccccc76)c5cc34)cccc1C21c2ccccc2-c2ccccc21. The van der Waals surface area contributed by atoms with Crippen LogP contribution in [0.25, 0.3) is 98.7 Å². The van der Waals surface area contributed by atoms with E-state index in [1.165, 1.54) is 88.0 Å². The fourth-order valence-electron chi connectivity index (χ4n) is 15.4. The Kier molecular flexibility index (Phi) is 8.83. The van der Waals surface area contributed by atoms with Crippen LogP contribution in [0.1, 0.15) is 44.5 Å². The summed E-state index contributed by atoms with van der Waals surface area (Å²) in [6, 6.07) is 103. The van der Waals surface area contributed by atoms with Gasteiger partial charge in [0, 0.05) is 33.4 Å². The van der Waals surface area contributed by atoms with Crippen LogP contribution >= 0.6 is 0 Å². The van der Waals surface area contributed by atoms with Crippen molar-refractivity contribution in [3.8, 4) is 78.6 Å². The molecule has 0 N–H and O–H groups in total. The molecule has 14 aromatic carbocycles. The molecule has 80 heavy (non-hydrogen) atoms. The predicted molar refractivity (Wildman–Crippen MR) is 328 cm³/mol. The van der Waals surface area contributed by atoms with Crippen LogP contribution in [0, 0.1) is 0 Å². The Balaban J connectivity index is 0.955. The van der Waals surface area contributed by atoms with Crippen molar-refractivity contribution in [2.24, 2.45) is 0 Å². The molecule has 14 aromatic rings. The Labute approximate surface area is 463 Å². The van der Waals surface area contributed by atoms with Crippen molar-refractivity contribution >= 4 is 43.1 Å².